The molecule has 0 spiro atoms. The van der Waals surface area contributed by atoms with Gasteiger partial charge >= 0.3 is 8.32 Å². The molecular weight excluding hydrogens is 444 g/mol. The molecule has 0 saturated heterocycles. The molecule has 0 saturated carbocycles. The van der Waals surface area contributed by atoms with Gasteiger partial charge in [0.2, 0.25) is 0 Å². The van der Waals surface area contributed by atoms with Crippen molar-refractivity contribution in [2.75, 3.05) is 13.7 Å². The van der Waals surface area contributed by atoms with Crippen molar-refractivity contribution in [3.8, 4) is 11.5 Å². The zero-order valence-corrected chi connectivity index (χ0v) is 23.3. The number of hydrogen-bond acceptors (Lipinski definition) is 2. The molecule has 0 fully saturated rings. The summed E-state index contributed by atoms with van der Waals surface area (Å²) in [5, 5.41) is 2.39. The maximum absolute atomic E-state index is 7.30. The molecule has 0 bridgehead atoms. The van der Waals surface area contributed by atoms with Gasteiger partial charge in [-0.25, -0.2) is 0 Å². The van der Waals surface area contributed by atoms with Gasteiger partial charge in [0.25, 0.3) is 0 Å². The summed E-state index contributed by atoms with van der Waals surface area (Å²) < 4.78 is 12.6. The van der Waals surface area contributed by atoms with Crippen molar-refractivity contribution in [3.63, 3.8) is 0 Å². The Morgan fingerprint density at radius 1 is 0.943 bits per heavy atom. The average molecular weight is 489 g/mol. The summed E-state index contributed by atoms with van der Waals surface area (Å²) in [4.78, 5) is 0. The van der Waals surface area contributed by atoms with Gasteiger partial charge in [0.1, 0.15) is 6.61 Å². The van der Waals surface area contributed by atoms with Crippen molar-refractivity contribution in [1.29, 1.82) is 0 Å². The van der Waals surface area contributed by atoms with E-state index in [1.807, 2.05) is 6.08 Å². The Morgan fingerprint density at radius 3 is 2.11 bits per heavy atom. The molecule has 2 nitrogen and oxygen atoms in total. The number of hydrogen-bond donors (Lipinski definition) is 0. The van der Waals surface area contributed by atoms with E-state index in [1.54, 1.807) is 7.11 Å². The van der Waals surface area contributed by atoms with Gasteiger partial charge in [-0.3, -0.25) is 0 Å². The first-order valence-corrected chi connectivity index (χ1v) is 14.9. The van der Waals surface area contributed by atoms with Gasteiger partial charge in [-0.1, -0.05) is 103 Å². The molecule has 0 heterocycles. The van der Waals surface area contributed by atoms with Gasteiger partial charge < -0.3 is 9.16 Å². The smallest absolute Gasteiger partial charge is 0.337 e. The van der Waals surface area contributed by atoms with E-state index >= 15 is 0 Å². The van der Waals surface area contributed by atoms with Crippen LogP contribution < -0.4 is 10.4 Å². The first-order chi connectivity index (χ1) is 17.0. The molecule has 0 aromatic heterocycles. The van der Waals surface area contributed by atoms with Gasteiger partial charge in [0, 0.05) is 13.2 Å². The lowest BCUT2D eigenvalue weighted by Gasteiger charge is -2.33. The normalized spacial score (nSPS) is 12.8. The van der Waals surface area contributed by atoms with E-state index in [0.29, 0.717) is 12.5 Å². The lowest BCUT2D eigenvalue weighted by Crippen LogP contribution is -2.62. The molecule has 188 valence electrons. The highest BCUT2D eigenvalue weighted by molar-refractivity contribution is 7.03. The van der Waals surface area contributed by atoms with E-state index in [4.69, 9.17) is 9.16 Å². The zero-order chi connectivity index (χ0) is 25.4. The van der Waals surface area contributed by atoms with E-state index < -0.39 is 8.32 Å². The third-order valence-corrected chi connectivity index (χ3v) is 9.76. The summed E-state index contributed by atoms with van der Waals surface area (Å²) in [5.74, 6) is 3.88. The molecule has 0 N–H and O–H groups in total. The molecule has 2 aromatic rings. The number of allylic oxidation sites excluding steroid dienone is 3. The second-order valence-electron chi connectivity index (χ2n) is 9.66. The fourth-order valence-corrected chi connectivity index (χ4v) is 7.73. The minimum atomic E-state index is -2.81. The molecule has 0 aliphatic heterocycles. The molecule has 0 aliphatic rings. The third-order valence-electron chi connectivity index (χ3n) is 6.25. The topological polar surface area (TPSA) is 18.5 Å². The number of unbranched alkanes of at least 4 members (excludes halogenated alkanes) is 2. The van der Waals surface area contributed by atoms with Crippen molar-refractivity contribution in [1.82, 2.24) is 0 Å². The number of benzene rings is 2. The van der Waals surface area contributed by atoms with Gasteiger partial charge in [-0.05, 0) is 68.7 Å². The summed E-state index contributed by atoms with van der Waals surface area (Å²) in [6.07, 6.45) is 12.3. The summed E-state index contributed by atoms with van der Waals surface area (Å²) in [5.41, 5.74) is 5.04. The van der Waals surface area contributed by atoms with Gasteiger partial charge in [0.05, 0.1) is 0 Å². The first-order valence-electron chi connectivity index (χ1n) is 13.0. The summed E-state index contributed by atoms with van der Waals surface area (Å²) in [6.45, 7) is 11.0. The van der Waals surface area contributed by atoms with Crippen LogP contribution in [0.1, 0.15) is 65.7 Å². The second kappa shape index (κ2) is 16.3. The molecular formula is C32H44O2Si. The molecule has 1 unspecified atom stereocenters. The van der Waals surface area contributed by atoms with Gasteiger partial charge in [-0.15, -0.1) is 6.58 Å². The minimum absolute atomic E-state index is 0.158. The SMILES string of the molecule is C=CCCCCC(C[C@@H](C)CCC=C(C)C)O[Si](C#CCOC)(c1ccccc1)c1ccccc1. The van der Waals surface area contributed by atoms with Crippen LogP contribution in [0.5, 0.6) is 0 Å². The molecule has 0 radical (unpaired) electrons. The predicted molar refractivity (Wildman–Crippen MR) is 154 cm³/mol. The van der Waals surface area contributed by atoms with Crippen molar-refractivity contribution in [2.45, 2.75) is 71.8 Å². The minimum Gasteiger partial charge on any atom is -0.396 e. The van der Waals surface area contributed by atoms with Gasteiger partial charge in [-0.2, -0.15) is 0 Å². The van der Waals surface area contributed by atoms with Crippen LogP contribution in [-0.4, -0.2) is 28.1 Å². The van der Waals surface area contributed by atoms with Crippen LogP contribution in [0.4, 0.5) is 0 Å². The molecule has 2 aromatic carbocycles. The Kier molecular flexibility index (Phi) is 13.5. The van der Waals surface area contributed by atoms with Crippen LogP contribution in [0.2, 0.25) is 0 Å². The molecule has 0 amide bonds. The van der Waals surface area contributed by atoms with E-state index in [9.17, 15) is 0 Å². The average Bonchev–Trinajstić information content (AvgIpc) is 2.87. The van der Waals surface area contributed by atoms with Crippen LogP contribution in [-0.2, 0) is 9.16 Å². The van der Waals surface area contributed by atoms with E-state index in [1.165, 1.54) is 22.4 Å². The predicted octanol–water partition coefficient (Wildman–Crippen LogP) is 6.84. The Morgan fingerprint density at radius 2 is 1.57 bits per heavy atom. The quantitative estimate of drug-likeness (QED) is 0.118. The molecule has 3 heteroatoms. The van der Waals surface area contributed by atoms with Gasteiger partial charge in [0.15, 0.2) is 0 Å². The summed E-state index contributed by atoms with van der Waals surface area (Å²) >= 11 is 0. The fourth-order valence-electron chi connectivity index (χ4n) is 4.41. The maximum atomic E-state index is 7.30. The first kappa shape index (κ1) is 28.9. The maximum Gasteiger partial charge on any atom is 0.337 e. The third kappa shape index (κ3) is 10.0. The van der Waals surface area contributed by atoms with Crippen LogP contribution in [0.3, 0.4) is 0 Å². The highest BCUT2D eigenvalue weighted by Gasteiger charge is 2.41. The second-order valence-corrected chi connectivity index (χ2v) is 12.7. The van der Waals surface area contributed by atoms with Crippen LogP contribution >= 0.6 is 0 Å². The molecule has 2 rings (SSSR count). The number of rotatable bonds is 15. The summed E-state index contributed by atoms with van der Waals surface area (Å²) in [6, 6.07) is 21.3. The van der Waals surface area contributed by atoms with Crippen molar-refractivity contribution in [3.05, 3.63) is 85.0 Å². The monoisotopic (exact) mass is 488 g/mol. The largest absolute Gasteiger partial charge is 0.396 e. The van der Waals surface area contributed by atoms with E-state index in [0.717, 1.165) is 38.5 Å². The van der Waals surface area contributed by atoms with E-state index in [-0.39, 0.29) is 6.10 Å². The zero-order valence-electron chi connectivity index (χ0n) is 22.3. The Labute approximate surface area is 215 Å². The Hall–Kier alpha value is -2.38. The highest BCUT2D eigenvalue weighted by atomic mass is 28.4. The Balaban J connectivity index is 2.43. The van der Waals surface area contributed by atoms with Crippen LogP contribution in [0, 0.1) is 17.4 Å². The van der Waals surface area contributed by atoms with Crippen LogP contribution in [0.25, 0.3) is 0 Å². The van der Waals surface area contributed by atoms with Crippen molar-refractivity contribution >= 4 is 18.7 Å². The molecule has 0 aliphatic carbocycles. The lowest BCUT2D eigenvalue weighted by atomic mass is 9.95. The standard InChI is InChI=1S/C32H44O2Si/c1-6-7-8-11-20-30(27-29(4)19-16-18-28(2)3)34-35(26-17-25-33-5,31-21-12-9-13-22-31)32-23-14-10-15-24-32/h6,9-10,12-15,18,21-24,29-30H,1,7-8,11,16,19-20,25,27H2,2-5H3/t29-,30?/m0/s1. The lowest BCUT2D eigenvalue weighted by molar-refractivity contribution is 0.156. The molecule has 2 atom stereocenters. The highest BCUT2D eigenvalue weighted by Crippen LogP contribution is 2.23. The molecule has 35 heavy (non-hydrogen) atoms. The van der Waals surface area contributed by atoms with Crippen molar-refractivity contribution < 1.29 is 9.16 Å². The number of methoxy groups -OCH3 is 1. The van der Waals surface area contributed by atoms with E-state index in [2.05, 4.69) is 106 Å². The number of ether oxygens (including phenoxy) is 1. The summed E-state index contributed by atoms with van der Waals surface area (Å²) in [7, 11) is -1.11. The Bertz CT molecular complexity index is 896. The van der Waals surface area contributed by atoms with Crippen LogP contribution in [0.15, 0.2) is 85.0 Å². The van der Waals surface area contributed by atoms with Crippen molar-refractivity contribution in [2.24, 2.45) is 5.92 Å². The fraction of sp³-hybridized carbons (Fsp3) is 0.438.